The van der Waals surface area contributed by atoms with Gasteiger partial charge in [-0.05, 0) is 43.4 Å². The molecule has 1 heterocycles. The monoisotopic (exact) mass is 286 g/mol. The van der Waals surface area contributed by atoms with E-state index in [1.54, 1.807) is 0 Å². The summed E-state index contributed by atoms with van der Waals surface area (Å²) >= 11 is 0. The zero-order valence-electron chi connectivity index (χ0n) is 13.6. The predicted octanol–water partition coefficient (Wildman–Crippen LogP) is 5.22. The SMILES string of the molecule is CCCC(CCC)c1onc(N)c1-c1ccc(C)c(C)c1. The highest BCUT2D eigenvalue weighted by atomic mass is 16.5. The van der Waals surface area contributed by atoms with E-state index < -0.39 is 0 Å². The van der Waals surface area contributed by atoms with Gasteiger partial charge in [-0.2, -0.15) is 0 Å². The number of rotatable bonds is 6. The van der Waals surface area contributed by atoms with Gasteiger partial charge in [0.25, 0.3) is 0 Å². The molecule has 0 atom stereocenters. The summed E-state index contributed by atoms with van der Waals surface area (Å²) < 4.78 is 5.61. The first kappa shape index (κ1) is 15.6. The summed E-state index contributed by atoms with van der Waals surface area (Å²) in [6, 6.07) is 6.43. The molecule has 0 saturated carbocycles. The predicted molar refractivity (Wildman–Crippen MR) is 88.4 cm³/mol. The maximum atomic E-state index is 6.09. The van der Waals surface area contributed by atoms with Crippen molar-refractivity contribution in [3.63, 3.8) is 0 Å². The van der Waals surface area contributed by atoms with Crippen LogP contribution in [0.25, 0.3) is 11.1 Å². The second-order valence-corrected chi connectivity index (χ2v) is 5.88. The van der Waals surface area contributed by atoms with E-state index in [1.807, 2.05) is 0 Å². The van der Waals surface area contributed by atoms with Gasteiger partial charge in [-0.1, -0.05) is 50.0 Å². The highest BCUT2D eigenvalue weighted by Crippen LogP contribution is 2.38. The minimum atomic E-state index is 0.404. The molecule has 0 amide bonds. The molecule has 2 N–H and O–H groups in total. The molecule has 0 bridgehead atoms. The van der Waals surface area contributed by atoms with E-state index in [-0.39, 0.29) is 0 Å². The van der Waals surface area contributed by atoms with Crippen molar-refractivity contribution in [2.45, 2.75) is 59.3 Å². The number of hydrogen-bond acceptors (Lipinski definition) is 3. The van der Waals surface area contributed by atoms with Crippen molar-refractivity contribution in [3.8, 4) is 11.1 Å². The van der Waals surface area contributed by atoms with Gasteiger partial charge < -0.3 is 10.3 Å². The first-order valence-electron chi connectivity index (χ1n) is 7.91. The lowest BCUT2D eigenvalue weighted by molar-refractivity contribution is 0.346. The van der Waals surface area contributed by atoms with Crippen LogP contribution in [0.1, 0.15) is 62.3 Å². The number of aromatic nitrogens is 1. The fraction of sp³-hybridized carbons (Fsp3) is 0.500. The summed E-state index contributed by atoms with van der Waals surface area (Å²) in [6.07, 6.45) is 4.50. The van der Waals surface area contributed by atoms with Gasteiger partial charge in [0, 0.05) is 5.92 Å². The number of nitrogens with zero attached hydrogens (tertiary/aromatic N) is 1. The Kier molecular flexibility index (Phi) is 5.05. The molecule has 0 fully saturated rings. The average molecular weight is 286 g/mol. The van der Waals surface area contributed by atoms with Crippen LogP contribution in [0.15, 0.2) is 22.7 Å². The fourth-order valence-corrected chi connectivity index (χ4v) is 2.89. The molecule has 21 heavy (non-hydrogen) atoms. The Morgan fingerprint density at radius 3 is 2.33 bits per heavy atom. The number of nitrogen functional groups attached to an aromatic ring is 1. The highest BCUT2D eigenvalue weighted by Gasteiger charge is 2.23. The van der Waals surface area contributed by atoms with Gasteiger partial charge in [0.1, 0.15) is 5.76 Å². The molecule has 0 radical (unpaired) electrons. The van der Waals surface area contributed by atoms with Gasteiger partial charge in [-0.25, -0.2) is 0 Å². The Labute approximate surface area is 127 Å². The molecular formula is C18H26N2O. The molecule has 1 aromatic carbocycles. The van der Waals surface area contributed by atoms with Crippen molar-refractivity contribution in [1.82, 2.24) is 5.16 Å². The quantitative estimate of drug-likeness (QED) is 0.791. The topological polar surface area (TPSA) is 52.0 Å². The molecule has 2 aromatic rings. The van der Waals surface area contributed by atoms with E-state index in [9.17, 15) is 0 Å². The third-order valence-corrected chi connectivity index (χ3v) is 4.19. The molecule has 0 spiro atoms. The van der Waals surface area contributed by atoms with Gasteiger partial charge in [-0.3, -0.25) is 0 Å². The maximum absolute atomic E-state index is 6.09. The Balaban J connectivity index is 2.47. The first-order chi connectivity index (χ1) is 10.1. The summed E-state index contributed by atoms with van der Waals surface area (Å²) in [7, 11) is 0. The summed E-state index contributed by atoms with van der Waals surface area (Å²) in [5.74, 6) is 1.87. The lowest BCUT2D eigenvalue weighted by atomic mass is 9.90. The minimum Gasteiger partial charge on any atom is -0.380 e. The largest absolute Gasteiger partial charge is 0.380 e. The van der Waals surface area contributed by atoms with Crippen molar-refractivity contribution in [1.29, 1.82) is 0 Å². The van der Waals surface area contributed by atoms with E-state index in [2.05, 4.69) is 51.1 Å². The average Bonchev–Trinajstić information content (AvgIpc) is 2.83. The number of nitrogens with two attached hydrogens (primary N) is 1. The smallest absolute Gasteiger partial charge is 0.175 e. The van der Waals surface area contributed by atoms with Crippen LogP contribution in [0, 0.1) is 13.8 Å². The van der Waals surface area contributed by atoms with Crippen LogP contribution in [-0.2, 0) is 0 Å². The van der Waals surface area contributed by atoms with E-state index in [1.165, 1.54) is 11.1 Å². The standard InChI is InChI=1S/C18H26N2O/c1-5-7-14(8-6-2)17-16(18(19)20-21-17)15-10-9-12(3)13(4)11-15/h9-11,14H,5-8H2,1-4H3,(H2,19,20). The van der Waals surface area contributed by atoms with Crippen molar-refractivity contribution < 1.29 is 4.52 Å². The van der Waals surface area contributed by atoms with Crippen LogP contribution in [0.4, 0.5) is 5.82 Å². The van der Waals surface area contributed by atoms with Gasteiger partial charge >= 0.3 is 0 Å². The fourth-order valence-electron chi connectivity index (χ4n) is 2.89. The highest BCUT2D eigenvalue weighted by molar-refractivity contribution is 5.76. The van der Waals surface area contributed by atoms with E-state index >= 15 is 0 Å². The second kappa shape index (κ2) is 6.79. The summed E-state index contributed by atoms with van der Waals surface area (Å²) in [5.41, 5.74) is 10.7. The first-order valence-corrected chi connectivity index (χ1v) is 7.91. The molecule has 2 rings (SSSR count). The third-order valence-electron chi connectivity index (χ3n) is 4.19. The molecule has 0 aliphatic rings. The van der Waals surface area contributed by atoms with Crippen molar-refractivity contribution >= 4 is 5.82 Å². The summed E-state index contributed by atoms with van der Waals surface area (Å²) in [5, 5.41) is 4.03. The van der Waals surface area contributed by atoms with Gasteiger partial charge in [0.15, 0.2) is 5.82 Å². The van der Waals surface area contributed by atoms with Gasteiger partial charge in [0.2, 0.25) is 0 Å². The van der Waals surface area contributed by atoms with Crippen LogP contribution in [0.3, 0.4) is 0 Å². The molecule has 0 saturated heterocycles. The number of hydrogen-bond donors (Lipinski definition) is 1. The number of aryl methyl sites for hydroxylation is 2. The molecule has 0 aliphatic carbocycles. The lowest BCUT2D eigenvalue weighted by Gasteiger charge is -2.14. The molecule has 0 aliphatic heterocycles. The molecular weight excluding hydrogens is 260 g/mol. The molecule has 3 heteroatoms. The molecule has 0 unspecified atom stereocenters. The van der Waals surface area contributed by atoms with Crippen LogP contribution in [0.5, 0.6) is 0 Å². The van der Waals surface area contributed by atoms with Crippen molar-refractivity contribution in [3.05, 3.63) is 35.1 Å². The van der Waals surface area contributed by atoms with Crippen LogP contribution >= 0.6 is 0 Å². The zero-order valence-corrected chi connectivity index (χ0v) is 13.6. The maximum Gasteiger partial charge on any atom is 0.175 e. The number of anilines is 1. The Morgan fingerprint density at radius 2 is 1.76 bits per heavy atom. The Bertz CT molecular complexity index is 595. The minimum absolute atomic E-state index is 0.404. The lowest BCUT2D eigenvalue weighted by Crippen LogP contribution is -2.00. The Hall–Kier alpha value is -1.77. The van der Waals surface area contributed by atoms with Crippen molar-refractivity contribution in [2.75, 3.05) is 5.73 Å². The number of benzene rings is 1. The van der Waals surface area contributed by atoms with E-state index in [0.717, 1.165) is 42.6 Å². The molecule has 3 nitrogen and oxygen atoms in total. The van der Waals surface area contributed by atoms with Gasteiger partial charge in [-0.15, -0.1) is 0 Å². The third kappa shape index (κ3) is 3.29. The molecule has 114 valence electrons. The van der Waals surface area contributed by atoms with E-state index in [4.69, 9.17) is 10.3 Å². The van der Waals surface area contributed by atoms with Crippen LogP contribution in [-0.4, -0.2) is 5.16 Å². The second-order valence-electron chi connectivity index (χ2n) is 5.88. The summed E-state index contributed by atoms with van der Waals surface area (Å²) in [6.45, 7) is 8.65. The summed E-state index contributed by atoms with van der Waals surface area (Å²) in [4.78, 5) is 0. The zero-order chi connectivity index (χ0) is 15.4. The Morgan fingerprint density at radius 1 is 1.10 bits per heavy atom. The van der Waals surface area contributed by atoms with Crippen molar-refractivity contribution in [2.24, 2.45) is 0 Å². The molecule has 1 aromatic heterocycles. The van der Waals surface area contributed by atoms with E-state index in [0.29, 0.717) is 11.7 Å². The van der Waals surface area contributed by atoms with Crippen LogP contribution in [0.2, 0.25) is 0 Å². The van der Waals surface area contributed by atoms with Crippen LogP contribution < -0.4 is 5.73 Å². The van der Waals surface area contributed by atoms with Gasteiger partial charge in [0.05, 0.1) is 5.56 Å². The normalized spacial score (nSPS) is 11.3.